The largest absolute Gasteiger partial charge is 0.351 e. The van der Waals surface area contributed by atoms with Gasteiger partial charge in [-0.25, -0.2) is 0 Å². The van der Waals surface area contributed by atoms with Crippen LogP contribution in [0.1, 0.15) is 42.6 Å². The van der Waals surface area contributed by atoms with Crippen LogP contribution in [-0.4, -0.2) is 25.5 Å². The van der Waals surface area contributed by atoms with E-state index in [0.29, 0.717) is 6.54 Å². The average molecular weight is 248 g/mol. The first-order valence-corrected chi connectivity index (χ1v) is 6.85. The Labute approximate surface area is 110 Å². The molecule has 3 heteroatoms. The fourth-order valence-electron chi connectivity index (χ4n) is 1.78. The molecule has 0 saturated heterocycles. The van der Waals surface area contributed by atoms with Gasteiger partial charge in [0.1, 0.15) is 0 Å². The van der Waals surface area contributed by atoms with Crippen molar-refractivity contribution in [2.45, 2.75) is 33.1 Å². The molecule has 0 spiro atoms. The summed E-state index contributed by atoms with van der Waals surface area (Å²) in [5.41, 5.74) is 2.03. The second-order valence-electron chi connectivity index (χ2n) is 4.45. The van der Waals surface area contributed by atoms with Crippen molar-refractivity contribution in [2.24, 2.45) is 0 Å². The van der Waals surface area contributed by atoms with E-state index in [1.807, 2.05) is 24.3 Å². The predicted molar refractivity (Wildman–Crippen MR) is 75.9 cm³/mol. The van der Waals surface area contributed by atoms with E-state index in [1.54, 1.807) is 0 Å². The molecule has 1 aromatic rings. The Morgan fingerprint density at radius 1 is 1.00 bits per heavy atom. The number of aryl methyl sites for hydroxylation is 1. The number of amides is 1. The number of hydrogen-bond acceptors (Lipinski definition) is 2. The molecule has 0 saturated carbocycles. The SMILES string of the molecule is CCCNCCNC(=O)c1ccc(CCC)cc1. The second-order valence-corrected chi connectivity index (χ2v) is 4.45. The lowest BCUT2D eigenvalue weighted by atomic mass is 10.1. The molecule has 1 aromatic carbocycles. The summed E-state index contributed by atoms with van der Waals surface area (Å²) in [6.45, 7) is 6.79. The van der Waals surface area contributed by atoms with Crippen molar-refractivity contribution in [1.29, 1.82) is 0 Å². The van der Waals surface area contributed by atoms with Crippen LogP contribution in [-0.2, 0) is 6.42 Å². The van der Waals surface area contributed by atoms with E-state index in [9.17, 15) is 4.79 Å². The van der Waals surface area contributed by atoms with E-state index in [0.717, 1.165) is 37.9 Å². The van der Waals surface area contributed by atoms with Crippen molar-refractivity contribution in [1.82, 2.24) is 10.6 Å². The topological polar surface area (TPSA) is 41.1 Å². The van der Waals surface area contributed by atoms with Crippen molar-refractivity contribution in [2.75, 3.05) is 19.6 Å². The van der Waals surface area contributed by atoms with E-state index < -0.39 is 0 Å². The highest BCUT2D eigenvalue weighted by Gasteiger charge is 2.03. The van der Waals surface area contributed by atoms with Gasteiger partial charge >= 0.3 is 0 Å². The fraction of sp³-hybridized carbons (Fsp3) is 0.533. The van der Waals surface area contributed by atoms with Gasteiger partial charge in [-0.15, -0.1) is 0 Å². The number of benzene rings is 1. The van der Waals surface area contributed by atoms with Gasteiger partial charge in [0.25, 0.3) is 5.91 Å². The minimum atomic E-state index is 0.0105. The molecule has 0 unspecified atom stereocenters. The van der Waals surface area contributed by atoms with Crippen LogP contribution in [0.25, 0.3) is 0 Å². The van der Waals surface area contributed by atoms with E-state index in [1.165, 1.54) is 5.56 Å². The van der Waals surface area contributed by atoms with Crippen LogP contribution in [0.2, 0.25) is 0 Å². The monoisotopic (exact) mass is 248 g/mol. The smallest absolute Gasteiger partial charge is 0.251 e. The maximum absolute atomic E-state index is 11.8. The molecule has 100 valence electrons. The predicted octanol–water partition coefficient (Wildman–Crippen LogP) is 2.37. The first kappa shape index (κ1) is 14.7. The summed E-state index contributed by atoms with van der Waals surface area (Å²) in [5.74, 6) is 0.0105. The van der Waals surface area contributed by atoms with Crippen molar-refractivity contribution >= 4 is 5.91 Å². The third-order valence-electron chi connectivity index (χ3n) is 2.77. The van der Waals surface area contributed by atoms with Crippen molar-refractivity contribution < 1.29 is 4.79 Å². The molecule has 0 aromatic heterocycles. The summed E-state index contributed by atoms with van der Waals surface area (Å²) in [6, 6.07) is 7.88. The van der Waals surface area contributed by atoms with E-state index >= 15 is 0 Å². The number of rotatable bonds is 8. The Bertz CT molecular complexity index is 346. The molecule has 2 N–H and O–H groups in total. The van der Waals surface area contributed by atoms with Gasteiger partial charge in [0.2, 0.25) is 0 Å². The third kappa shape index (κ3) is 5.32. The molecule has 0 aliphatic heterocycles. The van der Waals surface area contributed by atoms with Gasteiger partial charge in [0, 0.05) is 18.7 Å². The van der Waals surface area contributed by atoms with E-state index in [-0.39, 0.29) is 5.91 Å². The summed E-state index contributed by atoms with van der Waals surface area (Å²) in [6.07, 6.45) is 3.32. The van der Waals surface area contributed by atoms with Gasteiger partial charge < -0.3 is 10.6 Å². The first-order chi connectivity index (χ1) is 8.77. The van der Waals surface area contributed by atoms with Crippen molar-refractivity contribution in [3.63, 3.8) is 0 Å². The highest BCUT2D eigenvalue weighted by atomic mass is 16.1. The van der Waals surface area contributed by atoms with Gasteiger partial charge in [-0.2, -0.15) is 0 Å². The van der Waals surface area contributed by atoms with Gasteiger partial charge in [-0.3, -0.25) is 4.79 Å². The van der Waals surface area contributed by atoms with Gasteiger partial charge in [0.05, 0.1) is 0 Å². The normalized spacial score (nSPS) is 10.3. The number of carbonyl (C=O) groups is 1. The van der Waals surface area contributed by atoms with Crippen LogP contribution in [0.3, 0.4) is 0 Å². The first-order valence-electron chi connectivity index (χ1n) is 6.85. The number of carbonyl (C=O) groups excluding carboxylic acids is 1. The van der Waals surface area contributed by atoms with Crippen LogP contribution < -0.4 is 10.6 Å². The molecule has 1 rings (SSSR count). The standard InChI is InChI=1S/C15H24N2O/c1-3-5-13-6-8-14(9-7-13)15(18)17-12-11-16-10-4-2/h6-9,16H,3-5,10-12H2,1-2H3,(H,17,18). The van der Waals surface area contributed by atoms with Crippen LogP contribution in [0, 0.1) is 0 Å². The molecule has 0 heterocycles. The quantitative estimate of drug-likeness (QED) is 0.693. The van der Waals surface area contributed by atoms with Crippen LogP contribution in [0.5, 0.6) is 0 Å². The summed E-state index contributed by atoms with van der Waals surface area (Å²) in [7, 11) is 0. The van der Waals surface area contributed by atoms with E-state index in [4.69, 9.17) is 0 Å². The summed E-state index contributed by atoms with van der Waals surface area (Å²) < 4.78 is 0. The lowest BCUT2D eigenvalue weighted by Gasteiger charge is -2.06. The van der Waals surface area contributed by atoms with Crippen LogP contribution in [0.4, 0.5) is 0 Å². The van der Waals surface area contributed by atoms with Gasteiger partial charge in [-0.1, -0.05) is 32.4 Å². The Balaban J connectivity index is 2.32. The Morgan fingerprint density at radius 3 is 2.33 bits per heavy atom. The van der Waals surface area contributed by atoms with E-state index in [2.05, 4.69) is 24.5 Å². The molecule has 0 atom stereocenters. The molecule has 3 nitrogen and oxygen atoms in total. The fourth-order valence-corrected chi connectivity index (χ4v) is 1.78. The van der Waals surface area contributed by atoms with Gasteiger partial charge in [-0.05, 0) is 37.1 Å². The minimum absolute atomic E-state index is 0.0105. The molecule has 0 bridgehead atoms. The Morgan fingerprint density at radius 2 is 1.72 bits per heavy atom. The Kier molecular flexibility index (Phi) is 7.11. The number of hydrogen-bond donors (Lipinski definition) is 2. The summed E-state index contributed by atoms with van der Waals surface area (Å²) in [5, 5.41) is 6.16. The minimum Gasteiger partial charge on any atom is -0.351 e. The van der Waals surface area contributed by atoms with Crippen molar-refractivity contribution in [3.8, 4) is 0 Å². The maximum Gasteiger partial charge on any atom is 0.251 e. The van der Waals surface area contributed by atoms with Crippen LogP contribution >= 0.6 is 0 Å². The molecule has 0 fully saturated rings. The molecule has 0 radical (unpaired) electrons. The van der Waals surface area contributed by atoms with Crippen molar-refractivity contribution in [3.05, 3.63) is 35.4 Å². The maximum atomic E-state index is 11.8. The third-order valence-corrected chi connectivity index (χ3v) is 2.77. The molecule has 18 heavy (non-hydrogen) atoms. The zero-order valence-electron chi connectivity index (χ0n) is 11.5. The number of nitrogens with one attached hydrogen (secondary N) is 2. The lowest BCUT2D eigenvalue weighted by molar-refractivity contribution is 0.0954. The average Bonchev–Trinajstić information content (AvgIpc) is 2.39. The highest BCUT2D eigenvalue weighted by Crippen LogP contribution is 2.06. The lowest BCUT2D eigenvalue weighted by Crippen LogP contribution is -2.32. The molecule has 1 amide bonds. The molecular weight excluding hydrogens is 224 g/mol. The zero-order chi connectivity index (χ0) is 13.2. The Hall–Kier alpha value is -1.35. The summed E-state index contributed by atoms with van der Waals surface area (Å²) in [4.78, 5) is 11.8. The second kappa shape index (κ2) is 8.70. The van der Waals surface area contributed by atoms with Gasteiger partial charge in [0.15, 0.2) is 0 Å². The molecule has 0 aliphatic rings. The summed E-state index contributed by atoms with van der Waals surface area (Å²) >= 11 is 0. The highest BCUT2D eigenvalue weighted by molar-refractivity contribution is 5.94. The zero-order valence-corrected chi connectivity index (χ0v) is 11.5. The molecule has 0 aliphatic carbocycles. The van der Waals surface area contributed by atoms with Crippen LogP contribution in [0.15, 0.2) is 24.3 Å². The molecular formula is C15H24N2O.